The molecule has 3 aromatic heterocycles. The maximum Gasteiger partial charge on any atom is 0.169 e. The molecule has 0 amide bonds. The van der Waals surface area contributed by atoms with E-state index in [0.717, 1.165) is 48.3 Å². The first-order valence-corrected chi connectivity index (χ1v) is 11.0. The fraction of sp³-hybridized carbons (Fsp3) is 0.231. The molecule has 1 aliphatic rings. The van der Waals surface area contributed by atoms with Crippen LogP contribution in [0, 0.1) is 5.82 Å². The van der Waals surface area contributed by atoms with Crippen LogP contribution in [0.1, 0.15) is 16.1 Å². The smallest absolute Gasteiger partial charge is 0.169 e. The van der Waals surface area contributed by atoms with Gasteiger partial charge in [-0.05, 0) is 48.3 Å². The quantitative estimate of drug-likeness (QED) is 0.436. The first-order valence-electron chi connectivity index (χ1n) is 11.0. The van der Waals surface area contributed by atoms with Crippen molar-refractivity contribution >= 4 is 22.4 Å². The number of piperazine rings is 1. The number of carbonyl (C=O) groups excluding carboxylic acids is 1. The highest BCUT2D eigenvalue weighted by atomic mass is 19.1. The number of hydrogen-bond acceptors (Lipinski definition) is 6. The van der Waals surface area contributed by atoms with Gasteiger partial charge in [0.25, 0.3) is 0 Å². The van der Waals surface area contributed by atoms with Crippen molar-refractivity contribution in [3.05, 3.63) is 84.3 Å². The number of nitrogens with zero attached hydrogens (tertiary/aromatic N) is 5. The second-order valence-electron chi connectivity index (χ2n) is 8.42. The van der Waals surface area contributed by atoms with Gasteiger partial charge >= 0.3 is 0 Å². The van der Waals surface area contributed by atoms with Crippen LogP contribution in [0.15, 0.2) is 67.3 Å². The molecule has 1 aromatic carbocycles. The summed E-state index contributed by atoms with van der Waals surface area (Å²) in [7, 11) is 2.11. The molecule has 0 bridgehead atoms. The second kappa shape index (κ2) is 9.03. The molecule has 0 saturated carbocycles. The van der Waals surface area contributed by atoms with Gasteiger partial charge in [-0.2, -0.15) is 0 Å². The lowest BCUT2D eigenvalue weighted by molar-refractivity contribution is 0.0992. The predicted octanol–water partition coefficient (Wildman–Crippen LogP) is 4.01. The molecule has 33 heavy (non-hydrogen) atoms. The van der Waals surface area contributed by atoms with Gasteiger partial charge in [0.15, 0.2) is 5.78 Å². The third kappa shape index (κ3) is 4.73. The van der Waals surface area contributed by atoms with E-state index in [0.29, 0.717) is 16.8 Å². The highest BCUT2D eigenvalue weighted by Crippen LogP contribution is 2.25. The number of Topliss-reactive ketones (excluding diaryl/α,β-unsaturated/α-hetero) is 1. The van der Waals surface area contributed by atoms with Crippen molar-refractivity contribution in [3.8, 4) is 11.1 Å². The Labute approximate surface area is 191 Å². The number of carbonyl (C=O) groups is 1. The number of pyridine rings is 3. The monoisotopic (exact) mass is 441 g/mol. The Morgan fingerprint density at radius 1 is 0.909 bits per heavy atom. The molecule has 0 atom stereocenters. The van der Waals surface area contributed by atoms with Crippen molar-refractivity contribution in [2.24, 2.45) is 0 Å². The summed E-state index contributed by atoms with van der Waals surface area (Å²) in [4.78, 5) is 30.4. The Morgan fingerprint density at radius 3 is 2.58 bits per heavy atom. The summed E-state index contributed by atoms with van der Waals surface area (Å²) in [5, 5.41) is 1.91. The van der Waals surface area contributed by atoms with E-state index < -0.39 is 0 Å². The number of anilines is 1. The van der Waals surface area contributed by atoms with Crippen LogP contribution in [0.4, 0.5) is 10.2 Å². The molecule has 1 saturated heterocycles. The summed E-state index contributed by atoms with van der Waals surface area (Å²) in [6.07, 6.45) is 6.50. The normalized spacial score (nSPS) is 14.5. The summed E-state index contributed by atoms with van der Waals surface area (Å²) in [6, 6.07) is 12.9. The van der Waals surface area contributed by atoms with Crippen LogP contribution >= 0.6 is 0 Å². The molecular formula is C26H24FN5O. The minimum Gasteiger partial charge on any atom is -0.354 e. The number of aromatic nitrogens is 3. The number of benzene rings is 1. The fourth-order valence-electron chi connectivity index (χ4n) is 4.10. The van der Waals surface area contributed by atoms with Crippen LogP contribution in [0.5, 0.6) is 0 Å². The van der Waals surface area contributed by atoms with Gasteiger partial charge in [0.1, 0.15) is 11.6 Å². The average Bonchev–Trinajstić information content (AvgIpc) is 2.84. The van der Waals surface area contributed by atoms with E-state index >= 15 is 0 Å². The second-order valence-corrected chi connectivity index (χ2v) is 8.42. The maximum atomic E-state index is 13.6. The fourth-order valence-corrected chi connectivity index (χ4v) is 4.10. The molecule has 6 nitrogen and oxygen atoms in total. The minimum absolute atomic E-state index is 0.00473. The molecule has 0 spiro atoms. The molecule has 0 aliphatic carbocycles. The van der Waals surface area contributed by atoms with Gasteiger partial charge < -0.3 is 9.80 Å². The molecule has 1 fully saturated rings. The molecular weight excluding hydrogens is 417 g/mol. The Kier molecular flexibility index (Phi) is 5.79. The molecule has 0 radical (unpaired) electrons. The molecule has 1 aliphatic heterocycles. The van der Waals surface area contributed by atoms with E-state index in [4.69, 9.17) is 0 Å². The summed E-state index contributed by atoms with van der Waals surface area (Å²) < 4.78 is 13.6. The summed E-state index contributed by atoms with van der Waals surface area (Å²) >= 11 is 0. The van der Waals surface area contributed by atoms with Crippen LogP contribution in [0.2, 0.25) is 0 Å². The zero-order chi connectivity index (χ0) is 22.8. The Morgan fingerprint density at radius 2 is 1.76 bits per heavy atom. The van der Waals surface area contributed by atoms with Crippen LogP contribution in [0.3, 0.4) is 0 Å². The highest BCUT2D eigenvalue weighted by Gasteiger charge is 2.17. The van der Waals surface area contributed by atoms with E-state index in [1.165, 1.54) is 12.3 Å². The van der Waals surface area contributed by atoms with Gasteiger partial charge in [0, 0.05) is 67.0 Å². The van der Waals surface area contributed by atoms with Crippen molar-refractivity contribution in [1.82, 2.24) is 19.9 Å². The van der Waals surface area contributed by atoms with E-state index in [-0.39, 0.29) is 18.0 Å². The van der Waals surface area contributed by atoms with Crippen molar-refractivity contribution in [1.29, 1.82) is 0 Å². The molecule has 0 unspecified atom stereocenters. The number of fused-ring (bicyclic) bond motifs is 1. The SMILES string of the molecule is CN1CCN(c2cc(C(=O)Cc3cc4cc(-c5cncc(F)c5)ccc4cn3)ccn2)CC1. The van der Waals surface area contributed by atoms with Gasteiger partial charge in [-0.1, -0.05) is 12.1 Å². The lowest BCUT2D eigenvalue weighted by atomic mass is 10.0. The van der Waals surface area contributed by atoms with E-state index in [2.05, 4.69) is 31.8 Å². The number of halogens is 1. The van der Waals surface area contributed by atoms with Gasteiger partial charge in [-0.25, -0.2) is 9.37 Å². The lowest BCUT2D eigenvalue weighted by Crippen LogP contribution is -2.44. The number of rotatable bonds is 5. The maximum absolute atomic E-state index is 13.6. The Balaban J connectivity index is 1.36. The van der Waals surface area contributed by atoms with Crippen molar-refractivity contribution < 1.29 is 9.18 Å². The van der Waals surface area contributed by atoms with Crippen LogP contribution in [-0.2, 0) is 6.42 Å². The topological polar surface area (TPSA) is 62.2 Å². The van der Waals surface area contributed by atoms with Crippen molar-refractivity contribution in [2.45, 2.75) is 6.42 Å². The first kappa shape index (κ1) is 21.2. The summed E-state index contributed by atoms with van der Waals surface area (Å²) in [5.74, 6) is 0.473. The zero-order valence-electron chi connectivity index (χ0n) is 18.4. The minimum atomic E-state index is -0.373. The number of hydrogen-bond donors (Lipinski definition) is 0. The van der Waals surface area contributed by atoms with Gasteiger partial charge in [0.2, 0.25) is 0 Å². The van der Waals surface area contributed by atoms with E-state index in [1.807, 2.05) is 30.3 Å². The number of likely N-dealkylation sites (N-methyl/N-ethyl adjacent to an activating group) is 1. The molecule has 166 valence electrons. The van der Waals surface area contributed by atoms with Crippen LogP contribution in [0.25, 0.3) is 21.9 Å². The Hall–Kier alpha value is -3.71. The standard InChI is InChI=1S/C26H24FN5O/c1-31-6-8-32(9-7-31)26-13-19(4-5-29-26)25(33)14-24-12-21-10-18(2-3-20(21)16-30-24)22-11-23(27)17-28-15-22/h2-5,10-13,15-17H,6-9,14H2,1H3. The third-order valence-corrected chi connectivity index (χ3v) is 6.05. The van der Waals surface area contributed by atoms with E-state index in [1.54, 1.807) is 24.7 Å². The molecule has 0 N–H and O–H groups in total. The molecule has 4 heterocycles. The van der Waals surface area contributed by atoms with Crippen molar-refractivity contribution in [2.75, 3.05) is 38.1 Å². The van der Waals surface area contributed by atoms with Crippen LogP contribution < -0.4 is 4.90 Å². The molecule has 7 heteroatoms. The van der Waals surface area contributed by atoms with Crippen molar-refractivity contribution in [3.63, 3.8) is 0 Å². The highest BCUT2D eigenvalue weighted by molar-refractivity contribution is 5.98. The Bertz CT molecular complexity index is 1320. The van der Waals surface area contributed by atoms with Gasteiger partial charge in [-0.3, -0.25) is 14.8 Å². The summed E-state index contributed by atoms with van der Waals surface area (Å²) in [5.41, 5.74) is 2.91. The van der Waals surface area contributed by atoms with Gasteiger partial charge in [0.05, 0.1) is 12.6 Å². The third-order valence-electron chi connectivity index (χ3n) is 6.05. The zero-order valence-corrected chi connectivity index (χ0v) is 18.4. The predicted molar refractivity (Wildman–Crippen MR) is 127 cm³/mol. The summed E-state index contributed by atoms with van der Waals surface area (Å²) in [6.45, 7) is 3.76. The lowest BCUT2D eigenvalue weighted by Gasteiger charge is -2.33. The van der Waals surface area contributed by atoms with Gasteiger partial charge in [-0.15, -0.1) is 0 Å². The average molecular weight is 442 g/mol. The first-order chi connectivity index (χ1) is 16.0. The van der Waals surface area contributed by atoms with E-state index in [9.17, 15) is 9.18 Å². The number of ketones is 1. The molecule has 4 aromatic rings. The molecule has 5 rings (SSSR count). The van der Waals surface area contributed by atoms with Crippen LogP contribution in [-0.4, -0.2) is 58.9 Å². The largest absolute Gasteiger partial charge is 0.354 e.